The fraction of sp³-hybridized carbons (Fsp3) is 0.304. The largest absolute Gasteiger partial charge is 0.350 e. The summed E-state index contributed by atoms with van der Waals surface area (Å²) in [7, 11) is 0. The SMILES string of the molecule is Cc1ccc(C(CNC(=O)c2ccc(-n3ccnc3)c([N+](=O)[O-])c2)N2CCCC2)cc1. The molecule has 31 heavy (non-hydrogen) atoms. The summed E-state index contributed by atoms with van der Waals surface area (Å²) in [6.07, 6.45) is 6.97. The number of nitro benzene ring substituents is 1. The first-order chi connectivity index (χ1) is 15.0. The molecule has 1 aromatic heterocycles. The minimum atomic E-state index is -0.481. The first-order valence-corrected chi connectivity index (χ1v) is 10.4. The number of amides is 1. The van der Waals surface area contributed by atoms with Crippen LogP contribution in [0.2, 0.25) is 0 Å². The summed E-state index contributed by atoms with van der Waals surface area (Å²) in [5.74, 6) is -0.323. The average Bonchev–Trinajstić information content (AvgIpc) is 3.49. The molecule has 0 radical (unpaired) electrons. The van der Waals surface area contributed by atoms with Gasteiger partial charge in [0.15, 0.2) is 0 Å². The van der Waals surface area contributed by atoms with Gasteiger partial charge in [0.2, 0.25) is 0 Å². The highest BCUT2D eigenvalue weighted by Crippen LogP contribution is 2.26. The number of nitrogens with one attached hydrogen (secondary N) is 1. The Bertz CT molecular complexity index is 1060. The Morgan fingerprint density at radius 3 is 2.58 bits per heavy atom. The van der Waals surface area contributed by atoms with E-state index < -0.39 is 4.92 Å². The first kappa shape index (κ1) is 20.7. The second-order valence-electron chi connectivity index (χ2n) is 7.81. The molecular formula is C23H25N5O3. The van der Waals surface area contributed by atoms with Crippen LogP contribution in [-0.4, -0.2) is 44.9 Å². The second kappa shape index (κ2) is 9.09. The van der Waals surface area contributed by atoms with Crippen molar-refractivity contribution in [3.8, 4) is 5.69 Å². The predicted octanol–water partition coefficient (Wildman–Crippen LogP) is 3.66. The highest BCUT2D eigenvalue weighted by Gasteiger charge is 2.25. The molecule has 8 heteroatoms. The van der Waals surface area contributed by atoms with E-state index in [1.807, 2.05) is 0 Å². The van der Waals surface area contributed by atoms with Gasteiger partial charge in [0.1, 0.15) is 5.69 Å². The monoisotopic (exact) mass is 419 g/mol. The standard InChI is InChI=1S/C23H25N5O3/c1-17-4-6-18(7-5-17)22(26-11-2-3-12-26)15-25-23(29)19-8-9-20(21(14-19)28(30)31)27-13-10-24-16-27/h4-10,13-14,16,22H,2-3,11-12,15H2,1H3,(H,25,29). The molecule has 2 heterocycles. The van der Waals surface area contributed by atoms with Crippen LogP contribution in [0, 0.1) is 17.0 Å². The number of carbonyl (C=O) groups excluding carboxylic acids is 1. The summed E-state index contributed by atoms with van der Waals surface area (Å²) in [5.41, 5.74) is 2.85. The van der Waals surface area contributed by atoms with E-state index in [1.54, 1.807) is 29.1 Å². The third-order valence-electron chi connectivity index (χ3n) is 5.72. The van der Waals surface area contributed by atoms with Crippen molar-refractivity contribution in [2.24, 2.45) is 0 Å². The van der Waals surface area contributed by atoms with Crippen LogP contribution in [0.5, 0.6) is 0 Å². The highest BCUT2D eigenvalue weighted by atomic mass is 16.6. The first-order valence-electron chi connectivity index (χ1n) is 10.4. The summed E-state index contributed by atoms with van der Waals surface area (Å²) in [6, 6.07) is 13.0. The molecular weight excluding hydrogens is 394 g/mol. The zero-order valence-electron chi connectivity index (χ0n) is 17.4. The van der Waals surface area contributed by atoms with Gasteiger partial charge in [-0.25, -0.2) is 4.98 Å². The quantitative estimate of drug-likeness (QED) is 0.466. The third-order valence-corrected chi connectivity index (χ3v) is 5.72. The van der Waals surface area contributed by atoms with E-state index in [2.05, 4.69) is 46.4 Å². The van der Waals surface area contributed by atoms with Gasteiger partial charge in [-0.1, -0.05) is 29.8 Å². The summed E-state index contributed by atoms with van der Waals surface area (Å²) in [5, 5.41) is 14.6. The van der Waals surface area contributed by atoms with Gasteiger partial charge in [-0.3, -0.25) is 19.8 Å². The fourth-order valence-corrected chi connectivity index (χ4v) is 4.02. The minimum absolute atomic E-state index is 0.0762. The van der Waals surface area contributed by atoms with Gasteiger partial charge in [-0.2, -0.15) is 0 Å². The van der Waals surface area contributed by atoms with Crippen molar-refractivity contribution < 1.29 is 9.72 Å². The molecule has 160 valence electrons. The van der Waals surface area contributed by atoms with Crippen molar-refractivity contribution in [1.29, 1.82) is 0 Å². The van der Waals surface area contributed by atoms with Crippen LogP contribution in [0.15, 0.2) is 61.2 Å². The number of benzene rings is 2. The zero-order chi connectivity index (χ0) is 21.8. The van der Waals surface area contributed by atoms with Crippen molar-refractivity contribution in [1.82, 2.24) is 19.8 Å². The lowest BCUT2D eigenvalue weighted by molar-refractivity contribution is -0.384. The molecule has 0 saturated carbocycles. The summed E-state index contributed by atoms with van der Waals surface area (Å²) < 4.78 is 1.56. The Balaban J connectivity index is 1.53. The molecule has 1 fully saturated rings. The van der Waals surface area contributed by atoms with Gasteiger partial charge < -0.3 is 9.88 Å². The molecule has 2 aromatic carbocycles. The Kier molecular flexibility index (Phi) is 6.08. The van der Waals surface area contributed by atoms with Crippen molar-refractivity contribution in [2.45, 2.75) is 25.8 Å². The molecule has 1 aliphatic heterocycles. The van der Waals surface area contributed by atoms with E-state index in [0.717, 1.165) is 31.5 Å². The predicted molar refractivity (Wildman–Crippen MR) is 117 cm³/mol. The van der Waals surface area contributed by atoms with Crippen molar-refractivity contribution in [2.75, 3.05) is 19.6 Å². The van der Waals surface area contributed by atoms with Crippen LogP contribution in [0.3, 0.4) is 0 Å². The maximum absolute atomic E-state index is 12.9. The van der Waals surface area contributed by atoms with Crippen LogP contribution in [0.1, 0.15) is 40.4 Å². The molecule has 1 saturated heterocycles. The van der Waals surface area contributed by atoms with E-state index in [0.29, 0.717) is 12.2 Å². The normalized spacial score (nSPS) is 15.0. The lowest BCUT2D eigenvalue weighted by Gasteiger charge is -2.28. The van der Waals surface area contributed by atoms with Gasteiger partial charge in [0.05, 0.1) is 17.3 Å². The maximum atomic E-state index is 12.9. The van der Waals surface area contributed by atoms with Crippen LogP contribution in [0.25, 0.3) is 5.69 Å². The number of hydrogen-bond donors (Lipinski definition) is 1. The summed E-state index contributed by atoms with van der Waals surface area (Å²) in [6.45, 7) is 4.49. The molecule has 0 aliphatic carbocycles. The molecule has 1 atom stereocenters. The van der Waals surface area contributed by atoms with E-state index in [-0.39, 0.29) is 23.2 Å². The maximum Gasteiger partial charge on any atom is 0.294 e. The molecule has 0 spiro atoms. The molecule has 8 nitrogen and oxygen atoms in total. The van der Waals surface area contributed by atoms with Gasteiger partial charge in [-0.05, 0) is 50.6 Å². The lowest BCUT2D eigenvalue weighted by Crippen LogP contribution is -2.36. The number of nitrogens with zero attached hydrogens (tertiary/aromatic N) is 4. The van der Waals surface area contributed by atoms with Crippen LogP contribution in [0.4, 0.5) is 5.69 Å². The van der Waals surface area contributed by atoms with Crippen LogP contribution >= 0.6 is 0 Å². The number of hydrogen-bond acceptors (Lipinski definition) is 5. The van der Waals surface area contributed by atoms with E-state index >= 15 is 0 Å². The summed E-state index contributed by atoms with van der Waals surface area (Å²) in [4.78, 5) is 30.3. The Morgan fingerprint density at radius 1 is 1.19 bits per heavy atom. The second-order valence-corrected chi connectivity index (χ2v) is 7.81. The molecule has 1 unspecified atom stereocenters. The molecule has 1 N–H and O–H groups in total. The Morgan fingerprint density at radius 2 is 1.94 bits per heavy atom. The highest BCUT2D eigenvalue weighted by molar-refractivity contribution is 5.95. The van der Waals surface area contributed by atoms with Crippen molar-refractivity contribution >= 4 is 11.6 Å². The number of carbonyl (C=O) groups is 1. The molecule has 3 aromatic rings. The number of rotatable bonds is 7. The number of imidazole rings is 1. The molecule has 1 amide bonds. The van der Waals surface area contributed by atoms with E-state index in [9.17, 15) is 14.9 Å². The van der Waals surface area contributed by atoms with E-state index in [1.165, 1.54) is 18.0 Å². The summed E-state index contributed by atoms with van der Waals surface area (Å²) >= 11 is 0. The van der Waals surface area contributed by atoms with E-state index in [4.69, 9.17) is 0 Å². The van der Waals surface area contributed by atoms with Crippen molar-refractivity contribution in [3.05, 3.63) is 88.0 Å². The molecule has 0 bridgehead atoms. The van der Waals surface area contributed by atoms with Gasteiger partial charge in [-0.15, -0.1) is 0 Å². The van der Waals surface area contributed by atoms with Crippen LogP contribution in [-0.2, 0) is 0 Å². The zero-order valence-corrected chi connectivity index (χ0v) is 17.4. The van der Waals surface area contributed by atoms with Gasteiger partial charge in [0.25, 0.3) is 11.6 Å². The number of likely N-dealkylation sites (tertiary alicyclic amines) is 1. The average molecular weight is 419 g/mol. The smallest absolute Gasteiger partial charge is 0.294 e. The Hall–Kier alpha value is -3.52. The minimum Gasteiger partial charge on any atom is -0.350 e. The van der Waals surface area contributed by atoms with Crippen molar-refractivity contribution in [3.63, 3.8) is 0 Å². The number of aryl methyl sites for hydroxylation is 1. The third kappa shape index (κ3) is 4.64. The lowest BCUT2D eigenvalue weighted by atomic mass is 10.0. The van der Waals surface area contributed by atoms with Crippen LogP contribution < -0.4 is 5.32 Å². The topological polar surface area (TPSA) is 93.3 Å². The van der Waals surface area contributed by atoms with Gasteiger partial charge >= 0.3 is 0 Å². The number of aromatic nitrogens is 2. The Labute approximate surface area is 180 Å². The molecule has 1 aliphatic rings. The fourth-order valence-electron chi connectivity index (χ4n) is 4.02. The molecule has 4 rings (SSSR count). The number of nitro groups is 1. The van der Waals surface area contributed by atoms with Gasteiger partial charge in [0, 0.05) is 30.6 Å².